The van der Waals surface area contributed by atoms with Crippen LogP contribution in [0.2, 0.25) is 0 Å². The standard InChI is InChI=1S/C32H47F2N5O8S2/c1-17(2)13-35-31(43)28(18(3)4)39-29(41)19(5)8-26(40)24(11-21-9-22(33)12-23(34)10-21)37-30(42)25(16-49(7,45)46)38-32(44)47-14-27-36-20(6)15-48-27/h9-10,12,15,17-19,24-26,28,40H,8,11,13-14,16H2,1-7H3,(H,35,43)(H,37,42)(H,38,44)(H,39,41)/t19-,24-,25+,26+,28-/m1/s1. The van der Waals surface area contributed by atoms with Crippen LogP contribution in [-0.2, 0) is 42.0 Å². The first-order valence-corrected chi connectivity index (χ1v) is 18.7. The van der Waals surface area contributed by atoms with E-state index in [4.69, 9.17) is 4.74 Å². The van der Waals surface area contributed by atoms with Gasteiger partial charge in [0, 0.05) is 35.9 Å². The van der Waals surface area contributed by atoms with E-state index in [0.717, 1.165) is 18.4 Å². The predicted molar refractivity (Wildman–Crippen MR) is 180 cm³/mol. The van der Waals surface area contributed by atoms with E-state index in [2.05, 4.69) is 26.3 Å². The molecule has 17 heteroatoms. The average molecular weight is 732 g/mol. The Kier molecular flexibility index (Phi) is 16.0. The number of nitrogens with zero attached hydrogens (tertiary/aromatic N) is 1. The van der Waals surface area contributed by atoms with Gasteiger partial charge in [0.15, 0.2) is 0 Å². The van der Waals surface area contributed by atoms with E-state index in [1.807, 2.05) is 13.8 Å². The number of amides is 4. The molecular weight excluding hydrogens is 685 g/mol. The Morgan fingerprint density at radius 2 is 1.59 bits per heavy atom. The molecule has 2 rings (SSSR count). The van der Waals surface area contributed by atoms with E-state index < -0.39 is 75.3 Å². The van der Waals surface area contributed by atoms with Gasteiger partial charge in [-0.05, 0) is 49.3 Å². The average Bonchev–Trinajstić information content (AvgIpc) is 3.40. The highest BCUT2D eigenvalue weighted by atomic mass is 32.2. The minimum absolute atomic E-state index is 0.0476. The maximum atomic E-state index is 14.1. The third kappa shape index (κ3) is 15.2. The summed E-state index contributed by atoms with van der Waals surface area (Å²) in [6.45, 7) is 10.8. The second kappa shape index (κ2) is 18.9. The minimum Gasteiger partial charge on any atom is -0.442 e. The van der Waals surface area contributed by atoms with Crippen molar-refractivity contribution in [2.24, 2.45) is 17.8 Å². The third-order valence-electron chi connectivity index (χ3n) is 7.22. The zero-order chi connectivity index (χ0) is 37.1. The lowest BCUT2D eigenvalue weighted by atomic mass is 9.92. The molecule has 0 radical (unpaired) electrons. The molecule has 0 aliphatic rings. The normalized spacial score (nSPS) is 14.8. The number of thiazole rings is 1. The Labute approximate surface area is 289 Å². The van der Waals surface area contributed by atoms with Crippen LogP contribution in [0.4, 0.5) is 13.6 Å². The summed E-state index contributed by atoms with van der Waals surface area (Å²) in [7, 11) is -3.86. The first kappa shape index (κ1) is 41.5. The van der Waals surface area contributed by atoms with Crippen molar-refractivity contribution in [1.82, 2.24) is 26.3 Å². The molecule has 0 unspecified atom stereocenters. The monoisotopic (exact) mass is 731 g/mol. The molecule has 274 valence electrons. The zero-order valence-corrected chi connectivity index (χ0v) is 30.3. The molecule has 1 aromatic heterocycles. The Morgan fingerprint density at radius 1 is 0.959 bits per heavy atom. The number of halogens is 2. The van der Waals surface area contributed by atoms with Crippen molar-refractivity contribution in [3.8, 4) is 0 Å². The smallest absolute Gasteiger partial charge is 0.408 e. The largest absolute Gasteiger partial charge is 0.442 e. The first-order valence-electron chi connectivity index (χ1n) is 15.8. The summed E-state index contributed by atoms with van der Waals surface area (Å²) in [6, 6.07) is -1.21. The number of sulfone groups is 1. The van der Waals surface area contributed by atoms with Crippen molar-refractivity contribution in [2.75, 3.05) is 18.6 Å². The molecule has 0 saturated heterocycles. The molecule has 4 amide bonds. The van der Waals surface area contributed by atoms with Crippen molar-refractivity contribution in [3.05, 3.63) is 51.5 Å². The number of aliphatic hydroxyl groups is 1. The molecule has 49 heavy (non-hydrogen) atoms. The van der Waals surface area contributed by atoms with Crippen molar-refractivity contribution in [1.29, 1.82) is 0 Å². The van der Waals surface area contributed by atoms with Gasteiger partial charge >= 0.3 is 6.09 Å². The summed E-state index contributed by atoms with van der Waals surface area (Å²) in [4.78, 5) is 56.1. The van der Waals surface area contributed by atoms with Gasteiger partial charge in [0.1, 0.15) is 45.2 Å². The van der Waals surface area contributed by atoms with E-state index in [9.17, 15) is 41.5 Å². The molecular formula is C32H47F2N5O8S2. The lowest BCUT2D eigenvalue weighted by Crippen LogP contribution is -2.56. The first-order chi connectivity index (χ1) is 22.7. The van der Waals surface area contributed by atoms with Crippen molar-refractivity contribution >= 4 is 45.0 Å². The van der Waals surface area contributed by atoms with Crippen LogP contribution in [0, 0.1) is 36.3 Å². The number of benzene rings is 1. The summed E-state index contributed by atoms with van der Waals surface area (Å²) in [5.74, 6) is -5.61. The highest BCUT2D eigenvalue weighted by molar-refractivity contribution is 7.90. The summed E-state index contributed by atoms with van der Waals surface area (Å²) in [5.41, 5.74) is 0.756. The number of nitrogens with one attached hydrogen (secondary N) is 4. The van der Waals surface area contributed by atoms with Crippen LogP contribution in [0.1, 0.15) is 57.3 Å². The van der Waals surface area contributed by atoms with Crippen LogP contribution in [0.5, 0.6) is 0 Å². The van der Waals surface area contributed by atoms with Gasteiger partial charge in [-0.25, -0.2) is 27.0 Å². The fourth-order valence-corrected chi connectivity index (χ4v) is 6.22. The molecule has 1 heterocycles. The van der Waals surface area contributed by atoms with Gasteiger partial charge in [0.05, 0.1) is 17.9 Å². The lowest BCUT2D eigenvalue weighted by Gasteiger charge is -2.29. The van der Waals surface area contributed by atoms with Crippen LogP contribution < -0.4 is 21.3 Å². The topological polar surface area (TPSA) is 193 Å². The van der Waals surface area contributed by atoms with Crippen molar-refractivity contribution in [2.45, 2.75) is 85.2 Å². The molecule has 0 fully saturated rings. The van der Waals surface area contributed by atoms with E-state index in [-0.39, 0.29) is 42.8 Å². The van der Waals surface area contributed by atoms with E-state index in [0.29, 0.717) is 23.3 Å². The second-order valence-corrected chi connectivity index (χ2v) is 16.0. The maximum absolute atomic E-state index is 14.1. The van der Waals surface area contributed by atoms with E-state index in [1.54, 1.807) is 26.2 Å². The number of ether oxygens (including phenoxy) is 1. The van der Waals surface area contributed by atoms with Crippen LogP contribution in [0.25, 0.3) is 0 Å². The Bertz CT molecular complexity index is 1530. The second-order valence-electron chi connectivity index (χ2n) is 12.9. The predicted octanol–water partition coefficient (Wildman–Crippen LogP) is 2.40. The molecule has 0 spiro atoms. The fourth-order valence-electron chi connectivity index (χ4n) is 4.69. The Morgan fingerprint density at radius 3 is 2.12 bits per heavy atom. The maximum Gasteiger partial charge on any atom is 0.408 e. The molecule has 13 nitrogen and oxygen atoms in total. The number of alkyl carbamates (subject to hydrolysis) is 1. The Hall–Kier alpha value is -3.70. The SMILES string of the molecule is Cc1csc(COC(=O)N[C@@H](CS(C)(=O)=O)C(=O)N[C@H](Cc2cc(F)cc(F)c2)[C@@H](O)C[C@@H](C)C(=O)N[C@@H](C(=O)NCC(C)C)C(C)C)n1. The van der Waals surface area contributed by atoms with Crippen LogP contribution in [-0.4, -0.2) is 85.1 Å². The number of carbonyl (C=O) groups is 4. The fraction of sp³-hybridized carbons (Fsp3) is 0.594. The molecule has 5 N–H and O–H groups in total. The van der Waals surface area contributed by atoms with Crippen molar-refractivity contribution in [3.63, 3.8) is 0 Å². The van der Waals surface area contributed by atoms with Gasteiger partial charge < -0.3 is 31.1 Å². The summed E-state index contributed by atoms with van der Waals surface area (Å²) >= 11 is 1.24. The number of hydrogen-bond donors (Lipinski definition) is 5. The van der Waals surface area contributed by atoms with Gasteiger partial charge in [-0.15, -0.1) is 11.3 Å². The van der Waals surface area contributed by atoms with Gasteiger partial charge in [-0.1, -0.05) is 34.6 Å². The molecule has 0 bridgehead atoms. The lowest BCUT2D eigenvalue weighted by molar-refractivity contribution is -0.132. The molecule has 1 aromatic carbocycles. The summed E-state index contributed by atoms with van der Waals surface area (Å²) in [5, 5.41) is 23.7. The van der Waals surface area contributed by atoms with Gasteiger partial charge in [-0.2, -0.15) is 0 Å². The number of rotatable bonds is 18. The molecule has 5 atom stereocenters. The molecule has 0 aliphatic heterocycles. The van der Waals surface area contributed by atoms with E-state index >= 15 is 0 Å². The Balaban J connectivity index is 2.26. The van der Waals surface area contributed by atoms with Crippen molar-refractivity contribution < 1.29 is 46.2 Å². The molecule has 0 saturated carbocycles. The van der Waals surface area contributed by atoms with Gasteiger partial charge in [0.2, 0.25) is 17.7 Å². The van der Waals surface area contributed by atoms with Crippen LogP contribution >= 0.6 is 11.3 Å². The third-order valence-corrected chi connectivity index (χ3v) is 9.09. The number of aromatic nitrogens is 1. The number of hydrogen-bond acceptors (Lipinski definition) is 10. The van der Waals surface area contributed by atoms with Gasteiger partial charge in [-0.3, -0.25) is 14.4 Å². The number of aryl methyl sites for hydroxylation is 1. The van der Waals surface area contributed by atoms with Crippen LogP contribution in [0.15, 0.2) is 23.6 Å². The quantitative estimate of drug-likeness (QED) is 0.153. The minimum atomic E-state index is -3.86. The summed E-state index contributed by atoms with van der Waals surface area (Å²) in [6.07, 6.45) is -2.37. The number of aliphatic hydroxyl groups excluding tert-OH is 1. The molecule has 2 aromatic rings. The van der Waals surface area contributed by atoms with Gasteiger partial charge in [0.25, 0.3) is 0 Å². The molecule has 0 aliphatic carbocycles. The highest BCUT2D eigenvalue weighted by Crippen LogP contribution is 2.17. The van der Waals surface area contributed by atoms with Crippen LogP contribution in [0.3, 0.4) is 0 Å². The number of carbonyl (C=O) groups excluding carboxylic acids is 4. The summed E-state index contributed by atoms with van der Waals surface area (Å²) < 4.78 is 57.6. The zero-order valence-electron chi connectivity index (χ0n) is 28.7. The highest BCUT2D eigenvalue weighted by Gasteiger charge is 2.33. The van der Waals surface area contributed by atoms with E-state index in [1.165, 1.54) is 18.3 Å².